The molecule has 0 saturated carbocycles. The van der Waals surface area contributed by atoms with Crippen molar-refractivity contribution in [3.8, 4) is 0 Å². The molecule has 0 aromatic heterocycles. The summed E-state index contributed by atoms with van der Waals surface area (Å²) in [6.07, 6.45) is 2.72. The lowest BCUT2D eigenvalue weighted by Crippen LogP contribution is -2.47. The fourth-order valence-electron chi connectivity index (χ4n) is 2.88. The molecule has 1 saturated heterocycles. The summed E-state index contributed by atoms with van der Waals surface area (Å²) in [7, 11) is 4.05. The van der Waals surface area contributed by atoms with Gasteiger partial charge in [0.1, 0.15) is 0 Å². The Labute approximate surface area is 121 Å². The van der Waals surface area contributed by atoms with Gasteiger partial charge in [0.15, 0.2) is 0 Å². The molecular formula is C16H25N3O. The standard InChI is InChI=1S/C16H25N3O/c1-18-9-5-8-15(12-18)19(2)16(20)10-13-6-3-4-7-14(13)11-17/h3-4,6-7,15H,5,8-12,17H2,1-2H3. The van der Waals surface area contributed by atoms with Gasteiger partial charge in [-0.1, -0.05) is 24.3 Å². The number of carbonyl (C=O) groups is 1. The number of nitrogens with two attached hydrogens (primary N) is 1. The number of carbonyl (C=O) groups excluding carboxylic acids is 1. The summed E-state index contributed by atoms with van der Waals surface area (Å²) in [6.45, 7) is 2.59. The van der Waals surface area contributed by atoms with E-state index in [4.69, 9.17) is 5.73 Å². The first-order valence-electron chi connectivity index (χ1n) is 7.33. The SMILES string of the molecule is CN1CCCC(N(C)C(=O)Cc2ccccc2CN)C1. The fourth-order valence-corrected chi connectivity index (χ4v) is 2.88. The Balaban J connectivity index is 2.00. The molecule has 2 N–H and O–H groups in total. The van der Waals surface area contributed by atoms with E-state index in [1.165, 1.54) is 0 Å². The lowest BCUT2D eigenvalue weighted by atomic mass is 10.0. The maximum Gasteiger partial charge on any atom is 0.227 e. The number of benzene rings is 1. The first-order valence-corrected chi connectivity index (χ1v) is 7.33. The third kappa shape index (κ3) is 3.58. The summed E-state index contributed by atoms with van der Waals surface area (Å²) < 4.78 is 0. The van der Waals surface area contributed by atoms with E-state index in [-0.39, 0.29) is 5.91 Å². The predicted molar refractivity (Wildman–Crippen MR) is 81.3 cm³/mol. The maximum absolute atomic E-state index is 12.5. The van der Waals surface area contributed by atoms with Gasteiger partial charge < -0.3 is 15.5 Å². The lowest BCUT2D eigenvalue weighted by Gasteiger charge is -2.36. The highest BCUT2D eigenvalue weighted by atomic mass is 16.2. The topological polar surface area (TPSA) is 49.6 Å². The molecule has 2 rings (SSSR count). The Morgan fingerprint density at radius 2 is 2.10 bits per heavy atom. The zero-order valence-corrected chi connectivity index (χ0v) is 12.5. The molecule has 4 heteroatoms. The number of likely N-dealkylation sites (tertiary alicyclic amines) is 1. The van der Waals surface area contributed by atoms with Crippen molar-refractivity contribution in [2.75, 3.05) is 27.2 Å². The van der Waals surface area contributed by atoms with Crippen LogP contribution >= 0.6 is 0 Å². The summed E-state index contributed by atoms with van der Waals surface area (Å²) >= 11 is 0. The normalized spacial score (nSPS) is 19.9. The van der Waals surface area contributed by atoms with Crippen molar-refractivity contribution in [3.63, 3.8) is 0 Å². The number of amides is 1. The first kappa shape index (κ1) is 15.0. The zero-order chi connectivity index (χ0) is 14.5. The van der Waals surface area contributed by atoms with E-state index in [0.717, 1.165) is 37.1 Å². The molecule has 1 aliphatic rings. The first-order chi connectivity index (χ1) is 9.61. The average Bonchev–Trinajstić information content (AvgIpc) is 2.47. The summed E-state index contributed by atoms with van der Waals surface area (Å²) in [6, 6.07) is 8.27. The predicted octanol–water partition coefficient (Wildman–Crippen LogP) is 1.24. The van der Waals surface area contributed by atoms with Crippen LogP contribution in [0, 0.1) is 0 Å². The second-order valence-electron chi connectivity index (χ2n) is 5.71. The zero-order valence-electron chi connectivity index (χ0n) is 12.5. The van der Waals surface area contributed by atoms with Crippen molar-refractivity contribution in [2.24, 2.45) is 5.73 Å². The van der Waals surface area contributed by atoms with Crippen LogP contribution in [0.4, 0.5) is 0 Å². The number of hydrogen-bond acceptors (Lipinski definition) is 3. The van der Waals surface area contributed by atoms with E-state index in [1.54, 1.807) is 0 Å². The van der Waals surface area contributed by atoms with Gasteiger partial charge in [0, 0.05) is 26.2 Å². The van der Waals surface area contributed by atoms with E-state index in [9.17, 15) is 4.79 Å². The highest BCUT2D eigenvalue weighted by molar-refractivity contribution is 5.79. The number of nitrogens with zero attached hydrogens (tertiary/aromatic N) is 2. The quantitative estimate of drug-likeness (QED) is 0.899. The molecular weight excluding hydrogens is 250 g/mol. The summed E-state index contributed by atoms with van der Waals surface area (Å²) in [5.74, 6) is 0.186. The van der Waals surface area contributed by atoms with Crippen LogP contribution in [-0.2, 0) is 17.8 Å². The molecule has 1 aromatic rings. The molecule has 20 heavy (non-hydrogen) atoms. The third-order valence-corrected chi connectivity index (χ3v) is 4.22. The highest BCUT2D eigenvalue weighted by Crippen LogP contribution is 2.16. The Hall–Kier alpha value is -1.39. The van der Waals surface area contributed by atoms with Gasteiger partial charge in [0.05, 0.1) is 6.42 Å². The molecule has 1 unspecified atom stereocenters. The molecule has 1 aromatic carbocycles. The van der Waals surface area contributed by atoms with Crippen LogP contribution in [-0.4, -0.2) is 48.9 Å². The molecule has 1 fully saturated rings. The van der Waals surface area contributed by atoms with E-state index in [2.05, 4.69) is 11.9 Å². The Kier molecular flexibility index (Phi) is 5.15. The molecule has 0 aliphatic carbocycles. The van der Waals surface area contributed by atoms with Gasteiger partial charge in [-0.05, 0) is 37.6 Å². The minimum Gasteiger partial charge on any atom is -0.341 e. The fraction of sp³-hybridized carbons (Fsp3) is 0.562. The van der Waals surface area contributed by atoms with Crippen molar-refractivity contribution in [2.45, 2.75) is 31.8 Å². The van der Waals surface area contributed by atoms with E-state index < -0.39 is 0 Å². The number of rotatable bonds is 4. The summed E-state index contributed by atoms with van der Waals surface area (Å²) in [5, 5.41) is 0. The molecule has 110 valence electrons. The molecule has 0 bridgehead atoms. The van der Waals surface area contributed by atoms with Gasteiger partial charge in [0.25, 0.3) is 0 Å². The smallest absolute Gasteiger partial charge is 0.227 e. The Morgan fingerprint density at radius 3 is 2.75 bits per heavy atom. The van der Waals surface area contributed by atoms with E-state index in [1.807, 2.05) is 36.2 Å². The van der Waals surface area contributed by atoms with Gasteiger partial charge >= 0.3 is 0 Å². The van der Waals surface area contributed by atoms with Crippen molar-refractivity contribution in [1.82, 2.24) is 9.80 Å². The second kappa shape index (κ2) is 6.86. The minimum absolute atomic E-state index is 0.186. The lowest BCUT2D eigenvalue weighted by molar-refractivity contribution is -0.132. The van der Waals surface area contributed by atoms with Crippen molar-refractivity contribution in [1.29, 1.82) is 0 Å². The van der Waals surface area contributed by atoms with Crippen LogP contribution in [0.15, 0.2) is 24.3 Å². The molecule has 4 nitrogen and oxygen atoms in total. The molecule has 0 spiro atoms. The highest BCUT2D eigenvalue weighted by Gasteiger charge is 2.24. The van der Waals surface area contributed by atoms with Gasteiger partial charge in [-0.25, -0.2) is 0 Å². The molecule has 1 amide bonds. The molecule has 1 atom stereocenters. The van der Waals surface area contributed by atoms with Crippen molar-refractivity contribution >= 4 is 5.91 Å². The van der Waals surface area contributed by atoms with Gasteiger partial charge in [0.2, 0.25) is 5.91 Å². The molecule has 1 heterocycles. The van der Waals surface area contributed by atoms with Gasteiger partial charge in [-0.3, -0.25) is 4.79 Å². The third-order valence-electron chi connectivity index (χ3n) is 4.22. The number of piperidine rings is 1. The van der Waals surface area contributed by atoms with Crippen LogP contribution in [0.25, 0.3) is 0 Å². The van der Waals surface area contributed by atoms with E-state index >= 15 is 0 Å². The van der Waals surface area contributed by atoms with E-state index in [0.29, 0.717) is 19.0 Å². The van der Waals surface area contributed by atoms with Crippen LogP contribution in [0.1, 0.15) is 24.0 Å². The summed E-state index contributed by atoms with van der Waals surface area (Å²) in [4.78, 5) is 16.7. The minimum atomic E-state index is 0.186. The number of hydrogen-bond donors (Lipinski definition) is 1. The Bertz CT molecular complexity index is 461. The van der Waals surface area contributed by atoms with Crippen LogP contribution in [0.2, 0.25) is 0 Å². The van der Waals surface area contributed by atoms with Crippen LogP contribution in [0.5, 0.6) is 0 Å². The Morgan fingerprint density at radius 1 is 1.40 bits per heavy atom. The van der Waals surface area contributed by atoms with Crippen LogP contribution in [0.3, 0.4) is 0 Å². The number of likely N-dealkylation sites (N-methyl/N-ethyl adjacent to an activating group) is 2. The van der Waals surface area contributed by atoms with Crippen molar-refractivity contribution in [3.05, 3.63) is 35.4 Å². The van der Waals surface area contributed by atoms with Crippen LogP contribution < -0.4 is 5.73 Å². The monoisotopic (exact) mass is 275 g/mol. The average molecular weight is 275 g/mol. The van der Waals surface area contributed by atoms with Crippen molar-refractivity contribution < 1.29 is 4.79 Å². The molecule has 0 radical (unpaired) electrons. The van der Waals surface area contributed by atoms with Gasteiger partial charge in [-0.15, -0.1) is 0 Å². The van der Waals surface area contributed by atoms with Gasteiger partial charge in [-0.2, -0.15) is 0 Å². The molecule has 1 aliphatic heterocycles. The summed E-state index contributed by atoms with van der Waals surface area (Å²) in [5.41, 5.74) is 7.85. The second-order valence-corrected chi connectivity index (χ2v) is 5.71. The maximum atomic E-state index is 12.5. The largest absolute Gasteiger partial charge is 0.341 e.